The number of hydrogen-bond acceptors (Lipinski definition) is 3. The van der Waals surface area contributed by atoms with Crippen molar-refractivity contribution < 1.29 is 4.79 Å². The van der Waals surface area contributed by atoms with Crippen LogP contribution in [0.5, 0.6) is 0 Å². The number of H-pyrrole nitrogens is 1. The van der Waals surface area contributed by atoms with Crippen LogP contribution in [0, 0.1) is 0 Å². The molecule has 1 amide bonds. The van der Waals surface area contributed by atoms with Crippen LogP contribution in [0.25, 0.3) is 5.69 Å². The number of benzene rings is 1. The molecule has 0 saturated heterocycles. The minimum atomic E-state index is -0.235. The highest BCUT2D eigenvalue weighted by atomic mass is 16.1. The third-order valence-corrected chi connectivity index (χ3v) is 3.18. The number of pyridine rings is 1. The molecule has 110 valence electrons. The van der Waals surface area contributed by atoms with E-state index < -0.39 is 0 Å². The number of nitrogens with one attached hydrogen (secondary N) is 2. The van der Waals surface area contributed by atoms with Crippen molar-refractivity contribution in [3.63, 3.8) is 0 Å². The van der Waals surface area contributed by atoms with E-state index in [-0.39, 0.29) is 11.5 Å². The molecule has 0 aliphatic carbocycles. The van der Waals surface area contributed by atoms with Crippen LogP contribution in [-0.2, 0) is 6.54 Å². The van der Waals surface area contributed by atoms with Crippen LogP contribution in [0.4, 0.5) is 0 Å². The maximum absolute atomic E-state index is 12.0. The lowest BCUT2D eigenvalue weighted by molar-refractivity contribution is 0.0950. The van der Waals surface area contributed by atoms with Crippen LogP contribution in [0.15, 0.2) is 65.8 Å². The third kappa shape index (κ3) is 3.12. The van der Waals surface area contributed by atoms with Crippen molar-refractivity contribution in [2.75, 3.05) is 0 Å². The van der Waals surface area contributed by atoms with Crippen LogP contribution in [0.2, 0.25) is 0 Å². The number of amides is 1. The maximum Gasteiger partial charge on any atom is 0.253 e. The summed E-state index contributed by atoms with van der Waals surface area (Å²) in [6, 6.07) is 12.4. The third-order valence-electron chi connectivity index (χ3n) is 3.18. The summed E-state index contributed by atoms with van der Waals surface area (Å²) < 4.78 is 1.76. The van der Waals surface area contributed by atoms with E-state index in [2.05, 4.69) is 15.4 Å². The lowest BCUT2D eigenvalue weighted by Crippen LogP contribution is -2.23. The van der Waals surface area contributed by atoms with Gasteiger partial charge >= 0.3 is 0 Å². The Balaban J connectivity index is 1.69. The molecule has 0 bridgehead atoms. The van der Waals surface area contributed by atoms with Gasteiger partial charge in [-0.05, 0) is 29.8 Å². The van der Waals surface area contributed by atoms with E-state index in [0.29, 0.717) is 12.1 Å². The van der Waals surface area contributed by atoms with Crippen molar-refractivity contribution >= 4 is 5.91 Å². The molecule has 0 aliphatic heterocycles. The Morgan fingerprint density at radius 1 is 1.23 bits per heavy atom. The Kier molecular flexibility index (Phi) is 3.82. The molecule has 0 saturated carbocycles. The van der Waals surface area contributed by atoms with Gasteiger partial charge in [-0.3, -0.25) is 9.59 Å². The summed E-state index contributed by atoms with van der Waals surface area (Å²) in [6.45, 7) is 0.396. The first-order valence-electron chi connectivity index (χ1n) is 6.78. The molecule has 2 heterocycles. The molecule has 0 radical (unpaired) electrons. The van der Waals surface area contributed by atoms with E-state index in [1.807, 2.05) is 36.5 Å². The zero-order chi connectivity index (χ0) is 15.4. The second kappa shape index (κ2) is 6.09. The highest BCUT2D eigenvalue weighted by Gasteiger charge is 2.05. The van der Waals surface area contributed by atoms with Crippen molar-refractivity contribution in [3.05, 3.63) is 82.5 Å². The number of hydrogen-bond donors (Lipinski definition) is 2. The zero-order valence-electron chi connectivity index (χ0n) is 11.7. The van der Waals surface area contributed by atoms with Gasteiger partial charge in [-0.15, -0.1) is 0 Å². The summed E-state index contributed by atoms with van der Waals surface area (Å²) in [4.78, 5) is 25.4. The van der Waals surface area contributed by atoms with Gasteiger partial charge in [-0.2, -0.15) is 5.10 Å². The normalized spacial score (nSPS) is 10.4. The van der Waals surface area contributed by atoms with Gasteiger partial charge in [0.25, 0.3) is 5.91 Å². The zero-order valence-corrected chi connectivity index (χ0v) is 11.7. The van der Waals surface area contributed by atoms with Gasteiger partial charge < -0.3 is 10.3 Å². The molecule has 2 N–H and O–H groups in total. The van der Waals surface area contributed by atoms with Crippen LogP contribution in [0.1, 0.15) is 15.9 Å². The van der Waals surface area contributed by atoms with Crippen molar-refractivity contribution in [2.45, 2.75) is 6.54 Å². The molecule has 3 rings (SSSR count). The van der Waals surface area contributed by atoms with Gasteiger partial charge in [-0.25, -0.2) is 4.68 Å². The van der Waals surface area contributed by atoms with Gasteiger partial charge in [0.1, 0.15) is 0 Å². The maximum atomic E-state index is 12.0. The quantitative estimate of drug-likeness (QED) is 0.765. The van der Waals surface area contributed by atoms with Crippen molar-refractivity contribution in [1.82, 2.24) is 20.1 Å². The Labute approximate surface area is 126 Å². The van der Waals surface area contributed by atoms with E-state index in [0.717, 1.165) is 11.3 Å². The molecule has 0 aliphatic rings. The molecule has 22 heavy (non-hydrogen) atoms. The number of carbonyl (C=O) groups is 1. The molecule has 2 aromatic heterocycles. The van der Waals surface area contributed by atoms with Gasteiger partial charge in [0, 0.05) is 31.2 Å². The standard InChI is InChI=1S/C16H14N4O2/c21-15-6-5-13(11-17-15)16(22)18-10-12-3-1-4-14(9-12)20-8-2-7-19-20/h1-9,11H,10H2,(H,17,21)(H,18,22). The van der Waals surface area contributed by atoms with Crippen LogP contribution >= 0.6 is 0 Å². The van der Waals surface area contributed by atoms with Gasteiger partial charge in [0.15, 0.2) is 0 Å². The highest BCUT2D eigenvalue weighted by Crippen LogP contribution is 2.09. The van der Waals surface area contributed by atoms with E-state index in [4.69, 9.17) is 0 Å². The van der Waals surface area contributed by atoms with E-state index >= 15 is 0 Å². The minimum absolute atomic E-state index is 0.233. The fraction of sp³-hybridized carbons (Fsp3) is 0.0625. The second-order valence-electron chi connectivity index (χ2n) is 4.74. The van der Waals surface area contributed by atoms with Gasteiger partial charge in [-0.1, -0.05) is 12.1 Å². The van der Waals surface area contributed by atoms with Crippen LogP contribution < -0.4 is 10.9 Å². The summed E-state index contributed by atoms with van der Waals surface area (Å²) in [7, 11) is 0. The molecule has 1 aromatic carbocycles. The van der Waals surface area contributed by atoms with Crippen molar-refractivity contribution in [3.8, 4) is 5.69 Å². The SMILES string of the molecule is O=C(NCc1cccc(-n2cccn2)c1)c1ccc(=O)[nH]c1. The first-order valence-corrected chi connectivity index (χ1v) is 6.78. The lowest BCUT2D eigenvalue weighted by atomic mass is 10.2. The number of aromatic nitrogens is 3. The summed E-state index contributed by atoms with van der Waals surface area (Å²) in [5.41, 5.74) is 2.08. The molecule has 6 nitrogen and oxygen atoms in total. The largest absolute Gasteiger partial charge is 0.348 e. The summed E-state index contributed by atoms with van der Waals surface area (Å²) in [6.07, 6.45) is 4.97. The smallest absolute Gasteiger partial charge is 0.253 e. The Hall–Kier alpha value is -3.15. The van der Waals surface area contributed by atoms with Gasteiger partial charge in [0.2, 0.25) is 5.56 Å². The molecule has 0 atom stereocenters. The van der Waals surface area contributed by atoms with E-state index in [1.54, 1.807) is 10.9 Å². The monoisotopic (exact) mass is 294 g/mol. The summed E-state index contributed by atoms with van der Waals surface area (Å²) in [5.74, 6) is -0.235. The first-order chi connectivity index (χ1) is 10.7. The molecule has 6 heteroatoms. The predicted octanol–water partition coefficient (Wildman–Crippen LogP) is 1.49. The number of carbonyl (C=O) groups excluding carboxylic acids is 1. The Morgan fingerprint density at radius 2 is 2.14 bits per heavy atom. The van der Waals surface area contributed by atoms with Crippen molar-refractivity contribution in [1.29, 1.82) is 0 Å². The fourth-order valence-corrected chi connectivity index (χ4v) is 2.07. The fourth-order valence-electron chi connectivity index (χ4n) is 2.07. The molecule has 0 spiro atoms. The molecule has 3 aromatic rings. The lowest BCUT2D eigenvalue weighted by Gasteiger charge is -2.07. The second-order valence-corrected chi connectivity index (χ2v) is 4.74. The number of nitrogens with zero attached hydrogens (tertiary/aromatic N) is 2. The Morgan fingerprint density at radius 3 is 2.86 bits per heavy atom. The Bertz CT molecular complexity index is 817. The number of rotatable bonds is 4. The predicted molar refractivity (Wildman–Crippen MR) is 81.8 cm³/mol. The topological polar surface area (TPSA) is 79.8 Å². The summed E-state index contributed by atoms with van der Waals surface area (Å²) >= 11 is 0. The average Bonchev–Trinajstić information content (AvgIpc) is 3.08. The number of aromatic amines is 1. The minimum Gasteiger partial charge on any atom is -0.348 e. The first kappa shape index (κ1) is 13.8. The van der Waals surface area contributed by atoms with Crippen LogP contribution in [0.3, 0.4) is 0 Å². The molecular formula is C16H14N4O2. The average molecular weight is 294 g/mol. The highest BCUT2D eigenvalue weighted by molar-refractivity contribution is 5.93. The van der Waals surface area contributed by atoms with Gasteiger partial charge in [0.05, 0.1) is 11.3 Å². The van der Waals surface area contributed by atoms with Crippen molar-refractivity contribution in [2.24, 2.45) is 0 Å². The van der Waals surface area contributed by atoms with E-state index in [1.165, 1.54) is 18.3 Å². The summed E-state index contributed by atoms with van der Waals surface area (Å²) in [5, 5.41) is 6.99. The van der Waals surface area contributed by atoms with E-state index in [9.17, 15) is 9.59 Å². The molecule has 0 fully saturated rings. The van der Waals surface area contributed by atoms with Crippen LogP contribution in [-0.4, -0.2) is 20.7 Å². The molecule has 0 unspecified atom stereocenters. The molecular weight excluding hydrogens is 280 g/mol.